The van der Waals surface area contributed by atoms with Gasteiger partial charge in [-0.05, 0) is 0 Å². The molecule has 0 aliphatic rings. The van der Waals surface area contributed by atoms with Crippen LogP contribution in [0.5, 0.6) is 0 Å². The summed E-state index contributed by atoms with van der Waals surface area (Å²) in [5, 5.41) is 7.36. The fraction of sp³-hybridized carbons (Fsp3) is 0. The van der Waals surface area contributed by atoms with Gasteiger partial charge in [0.1, 0.15) is 0 Å². The molecule has 1 N–H and O–H groups in total. The molecule has 0 atom stereocenters. The summed E-state index contributed by atoms with van der Waals surface area (Å²) in [7, 11) is 0. The Balaban J connectivity index is 0. The Bertz CT molecular complexity index is 8.00. The summed E-state index contributed by atoms with van der Waals surface area (Å²) in [6, 6.07) is 0. The monoisotopic (exact) mass is 148 g/mol. The van der Waals surface area contributed by atoms with Crippen molar-refractivity contribution in [3.8, 4) is 0 Å². The number of aliphatic hydroxyl groups excluding tert-OH is 1. The zero-order valence-electron chi connectivity index (χ0n) is 2.40. The van der Waals surface area contributed by atoms with Gasteiger partial charge >= 0.3 is 51.4 Å². The third-order valence-electron chi connectivity index (χ3n) is 0. The van der Waals surface area contributed by atoms with Gasteiger partial charge in [0.2, 0.25) is 0 Å². The van der Waals surface area contributed by atoms with Gasteiger partial charge in [0, 0.05) is 0 Å². The van der Waals surface area contributed by atoms with Crippen LogP contribution in [0.2, 0.25) is 0 Å². The molecule has 0 radical (unpaired) electrons. The maximum absolute atomic E-state index is 7.36. The first-order valence-electron chi connectivity index (χ1n) is 0.476. The molecule has 0 unspecified atom stereocenters. The molecule has 0 aromatic rings. The number of hydrogen-bond acceptors (Lipinski definition) is 1. The van der Waals surface area contributed by atoms with Crippen LogP contribution in [0.25, 0.3) is 0 Å². The number of aliphatic hydroxyl groups is 1. The Morgan fingerprint density at radius 2 is 1.75 bits per heavy atom. The molecular weight excluding hydrogens is 147 g/mol. The van der Waals surface area contributed by atoms with E-state index in [2.05, 4.69) is 15.9 Å². The van der Waals surface area contributed by atoms with Gasteiger partial charge in [-0.15, -0.1) is 0 Å². The molecule has 1 nitrogen and oxygen atoms in total. The Morgan fingerprint density at radius 3 is 1.75 bits per heavy atom. The normalized spacial score (nSPS) is 4.50. The van der Waals surface area contributed by atoms with Crippen molar-refractivity contribution in [1.29, 1.82) is 0 Å². The fourth-order valence-electron chi connectivity index (χ4n) is 0. The van der Waals surface area contributed by atoms with Gasteiger partial charge in [-0.1, -0.05) is 0 Å². The molecule has 0 spiro atoms. The minimum Gasteiger partial charge on any atom is -0.555 e. The van der Waals surface area contributed by atoms with Gasteiger partial charge < -0.3 is 5.11 Å². The van der Waals surface area contributed by atoms with Crippen LogP contribution >= 0.6 is 15.9 Å². The van der Waals surface area contributed by atoms with E-state index in [1.165, 1.54) is 0 Å². The van der Waals surface area contributed by atoms with Crippen LogP contribution in [0.4, 0.5) is 0 Å². The van der Waals surface area contributed by atoms with Crippen LogP contribution in [-0.4, -0.2) is 5.11 Å². The third kappa shape index (κ3) is 8.95. The molecule has 0 saturated carbocycles. The molecule has 20 valence electrons. The summed E-state index contributed by atoms with van der Waals surface area (Å²) in [6.07, 6.45) is 0. The van der Waals surface area contributed by atoms with Crippen molar-refractivity contribution >= 4 is 15.9 Å². The third-order valence-corrected chi connectivity index (χ3v) is 0. The Labute approximate surface area is 76.3 Å². The van der Waals surface area contributed by atoms with Crippen molar-refractivity contribution in [3.63, 3.8) is 0 Å². The van der Waals surface area contributed by atoms with Crippen LogP contribution in [-0.2, 0) is 0 Å². The average molecular weight is 149 g/mol. The molecular formula is CH2BrKO. The maximum Gasteiger partial charge on any atom is 1.00 e. The van der Waals surface area contributed by atoms with Crippen molar-refractivity contribution in [1.82, 2.24) is 0 Å². The van der Waals surface area contributed by atoms with Crippen LogP contribution < -0.4 is 51.4 Å². The first kappa shape index (κ1) is 9.42. The number of rotatable bonds is 0. The zero-order chi connectivity index (χ0) is 2.71. The number of halogens is 1. The van der Waals surface area contributed by atoms with Crippen molar-refractivity contribution in [2.75, 3.05) is 0 Å². The molecule has 0 fully saturated rings. The fourth-order valence-corrected chi connectivity index (χ4v) is 0. The van der Waals surface area contributed by atoms with Gasteiger partial charge in [0.05, 0.1) is 0 Å². The second kappa shape index (κ2) is 8.91. The minimum atomic E-state index is 0. The molecule has 0 saturated heterocycles. The van der Waals surface area contributed by atoms with E-state index < -0.39 is 0 Å². The van der Waals surface area contributed by atoms with Crippen LogP contribution in [0, 0.1) is 5.52 Å². The maximum atomic E-state index is 7.36. The van der Waals surface area contributed by atoms with Gasteiger partial charge in [0.15, 0.2) is 0 Å². The Hall–Kier alpha value is 2.08. The van der Waals surface area contributed by atoms with Crippen LogP contribution in [0.3, 0.4) is 0 Å². The van der Waals surface area contributed by atoms with Gasteiger partial charge in [-0.2, -0.15) is 5.52 Å². The smallest absolute Gasteiger partial charge is 0.555 e. The van der Waals surface area contributed by atoms with Gasteiger partial charge in [0.25, 0.3) is 0 Å². The topological polar surface area (TPSA) is 20.2 Å². The van der Waals surface area contributed by atoms with E-state index in [1.807, 2.05) is 0 Å². The van der Waals surface area contributed by atoms with Crippen LogP contribution in [0.1, 0.15) is 0 Å². The summed E-state index contributed by atoms with van der Waals surface area (Å²) in [6.45, 7) is 0. The molecule has 0 bridgehead atoms. The molecule has 0 aromatic heterocycles. The summed E-state index contributed by atoms with van der Waals surface area (Å²) in [4.78, 5) is 0. The van der Waals surface area contributed by atoms with E-state index in [9.17, 15) is 0 Å². The van der Waals surface area contributed by atoms with Crippen molar-refractivity contribution in [2.24, 2.45) is 0 Å². The van der Waals surface area contributed by atoms with Crippen molar-refractivity contribution < 1.29 is 56.5 Å². The molecule has 0 aromatic carbocycles. The molecule has 3 heteroatoms. The standard InChI is InChI=1S/CH2BrO.K/c2-1-3;/h1,3H;/q-1;+1. The van der Waals surface area contributed by atoms with Crippen molar-refractivity contribution in [3.05, 3.63) is 5.52 Å². The first-order valence-corrected chi connectivity index (χ1v) is 1.39. The Kier molecular flexibility index (Phi) is 21.0. The summed E-state index contributed by atoms with van der Waals surface area (Å²) >= 11 is 2.58. The molecule has 4 heavy (non-hydrogen) atoms. The average Bonchev–Trinajstić information content (AvgIpc) is 0.918. The largest absolute Gasteiger partial charge is 1.00 e. The summed E-state index contributed by atoms with van der Waals surface area (Å²) in [5.74, 6) is 0. The van der Waals surface area contributed by atoms with Crippen LogP contribution in [0.15, 0.2) is 0 Å². The minimum absolute atomic E-state index is 0. The van der Waals surface area contributed by atoms with E-state index in [0.717, 1.165) is 5.52 Å². The molecule has 0 rings (SSSR count). The summed E-state index contributed by atoms with van der Waals surface area (Å²) in [5.41, 5.74) is 0.812. The molecule has 0 aliphatic heterocycles. The van der Waals surface area contributed by atoms with E-state index in [0.29, 0.717) is 0 Å². The molecule has 0 amide bonds. The van der Waals surface area contributed by atoms with Gasteiger partial charge in [-0.25, -0.2) is 0 Å². The van der Waals surface area contributed by atoms with Gasteiger partial charge in [-0.3, -0.25) is 15.9 Å². The Morgan fingerprint density at radius 1 is 1.75 bits per heavy atom. The van der Waals surface area contributed by atoms with E-state index in [-0.39, 0.29) is 51.4 Å². The predicted molar refractivity (Wildman–Crippen MR) is 15.2 cm³/mol. The SMILES string of the molecule is O[CH-]Br.[K+]. The second-order valence-electron chi connectivity index (χ2n) is 0.0976. The van der Waals surface area contributed by atoms with Crippen molar-refractivity contribution in [2.45, 2.75) is 0 Å². The predicted octanol–water partition coefficient (Wildman–Crippen LogP) is -2.12. The zero-order valence-corrected chi connectivity index (χ0v) is 7.11. The molecule has 0 aliphatic carbocycles. The van der Waals surface area contributed by atoms with E-state index in [1.54, 1.807) is 0 Å². The van der Waals surface area contributed by atoms with E-state index >= 15 is 0 Å². The first-order chi connectivity index (χ1) is 1.41. The molecule has 0 heterocycles. The van der Waals surface area contributed by atoms with E-state index in [4.69, 9.17) is 5.11 Å². The summed E-state index contributed by atoms with van der Waals surface area (Å²) < 4.78 is 0. The second-order valence-corrected chi connectivity index (χ2v) is 0.507. The quantitative estimate of drug-likeness (QED) is 0.308. The number of hydrogen-bond donors (Lipinski definition) is 1.